The molecule has 1 heterocycles. The van der Waals surface area contributed by atoms with E-state index in [0.717, 1.165) is 12.2 Å². The summed E-state index contributed by atoms with van der Waals surface area (Å²) in [5.41, 5.74) is 6.29. The van der Waals surface area contributed by atoms with Crippen LogP contribution in [0.2, 0.25) is 0 Å². The van der Waals surface area contributed by atoms with E-state index in [-0.39, 0.29) is 5.54 Å². The second kappa shape index (κ2) is 3.39. The van der Waals surface area contributed by atoms with Crippen LogP contribution in [0.25, 0.3) is 0 Å². The van der Waals surface area contributed by atoms with E-state index in [1.165, 1.54) is 19.3 Å². The van der Waals surface area contributed by atoms with Gasteiger partial charge in [0.25, 0.3) is 0 Å². The van der Waals surface area contributed by atoms with Gasteiger partial charge in [-0.05, 0) is 18.8 Å². The highest BCUT2D eigenvalue weighted by atomic mass is 15.1. The van der Waals surface area contributed by atoms with Crippen molar-refractivity contribution in [2.24, 2.45) is 18.7 Å². The summed E-state index contributed by atoms with van der Waals surface area (Å²) < 4.78 is 2.06. The van der Waals surface area contributed by atoms with E-state index in [2.05, 4.69) is 16.5 Å². The highest BCUT2D eigenvalue weighted by Crippen LogP contribution is 2.38. The molecule has 0 aromatic carbocycles. The van der Waals surface area contributed by atoms with Gasteiger partial charge in [-0.2, -0.15) is 0 Å². The van der Waals surface area contributed by atoms with Gasteiger partial charge in [0, 0.05) is 19.4 Å². The zero-order valence-electron chi connectivity index (χ0n) is 9.03. The normalized spacial score (nSPS) is 33.2. The highest BCUT2D eigenvalue weighted by molar-refractivity contribution is 5.10. The molecule has 2 N–H and O–H groups in total. The zero-order chi connectivity index (χ0) is 10.2. The third-order valence-corrected chi connectivity index (χ3v) is 3.59. The van der Waals surface area contributed by atoms with Gasteiger partial charge in [-0.3, -0.25) is 0 Å². The molecule has 1 aromatic rings. The van der Waals surface area contributed by atoms with Crippen LogP contribution in [0.4, 0.5) is 0 Å². The standard InChI is InChI=1S/C11H19N3/c1-9-5-3-4-6-11(9,12)10-13-7-8-14(10)2/h7-9H,3-6,12H2,1-2H3. The lowest BCUT2D eigenvalue weighted by molar-refractivity contribution is 0.191. The second-order valence-electron chi connectivity index (χ2n) is 4.55. The maximum absolute atomic E-state index is 6.49. The van der Waals surface area contributed by atoms with Crippen LogP contribution in [0.15, 0.2) is 12.4 Å². The molecule has 1 saturated carbocycles. The van der Waals surface area contributed by atoms with E-state index >= 15 is 0 Å². The topological polar surface area (TPSA) is 43.8 Å². The van der Waals surface area contributed by atoms with Gasteiger partial charge in [-0.25, -0.2) is 4.98 Å². The number of nitrogens with two attached hydrogens (primary N) is 1. The number of hydrogen-bond acceptors (Lipinski definition) is 2. The van der Waals surface area contributed by atoms with Crippen LogP contribution >= 0.6 is 0 Å². The third kappa shape index (κ3) is 1.36. The molecule has 0 amide bonds. The number of nitrogens with zero attached hydrogens (tertiary/aromatic N) is 2. The van der Waals surface area contributed by atoms with Gasteiger partial charge in [0.1, 0.15) is 5.82 Å². The van der Waals surface area contributed by atoms with Crippen LogP contribution in [-0.4, -0.2) is 9.55 Å². The Bertz CT molecular complexity index is 318. The Morgan fingerprint density at radius 1 is 1.57 bits per heavy atom. The fourth-order valence-electron chi connectivity index (χ4n) is 2.52. The number of hydrogen-bond donors (Lipinski definition) is 1. The minimum Gasteiger partial charge on any atom is -0.336 e. The van der Waals surface area contributed by atoms with Gasteiger partial charge >= 0.3 is 0 Å². The van der Waals surface area contributed by atoms with Crippen molar-refractivity contribution in [1.82, 2.24) is 9.55 Å². The van der Waals surface area contributed by atoms with E-state index in [9.17, 15) is 0 Å². The monoisotopic (exact) mass is 193 g/mol. The Morgan fingerprint density at radius 3 is 2.93 bits per heavy atom. The summed E-state index contributed by atoms with van der Waals surface area (Å²) in [6, 6.07) is 0. The molecule has 14 heavy (non-hydrogen) atoms. The Labute approximate surface area is 85.3 Å². The van der Waals surface area contributed by atoms with Crippen molar-refractivity contribution in [1.29, 1.82) is 0 Å². The third-order valence-electron chi connectivity index (χ3n) is 3.59. The predicted octanol–water partition coefficient (Wildman–Crippen LogP) is 1.78. The number of rotatable bonds is 1. The van der Waals surface area contributed by atoms with E-state index in [4.69, 9.17) is 5.73 Å². The summed E-state index contributed by atoms with van der Waals surface area (Å²) >= 11 is 0. The fraction of sp³-hybridized carbons (Fsp3) is 0.727. The van der Waals surface area contributed by atoms with E-state index in [0.29, 0.717) is 5.92 Å². The van der Waals surface area contributed by atoms with Crippen LogP contribution in [0.5, 0.6) is 0 Å². The summed E-state index contributed by atoms with van der Waals surface area (Å²) in [5.74, 6) is 1.59. The SMILES string of the molecule is CC1CCCCC1(N)c1nccn1C. The second-order valence-corrected chi connectivity index (χ2v) is 4.55. The first-order valence-corrected chi connectivity index (χ1v) is 5.41. The molecule has 1 fully saturated rings. The number of imidazole rings is 1. The van der Waals surface area contributed by atoms with Crippen LogP contribution in [0, 0.1) is 5.92 Å². The zero-order valence-corrected chi connectivity index (χ0v) is 9.03. The average molecular weight is 193 g/mol. The lowest BCUT2D eigenvalue weighted by atomic mass is 9.74. The number of aromatic nitrogens is 2. The minimum atomic E-state index is -0.198. The highest BCUT2D eigenvalue weighted by Gasteiger charge is 2.38. The molecule has 1 aliphatic carbocycles. The molecule has 1 aromatic heterocycles. The summed E-state index contributed by atoms with van der Waals surface area (Å²) in [6.45, 7) is 2.24. The largest absolute Gasteiger partial charge is 0.336 e. The molecule has 0 radical (unpaired) electrons. The van der Waals surface area contributed by atoms with Crippen molar-refractivity contribution in [3.05, 3.63) is 18.2 Å². The van der Waals surface area contributed by atoms with Crippen LogP contribution in [-0.2, 0) is 12.6 Å². The molecule has 0 bridgehead atoms. The first-order chi connectivity index (χ1) is 6.64. The van der Waals surface area contributed by atoms with Crippen molar-refractivity contribution >= 4 is 0 Å². The molecule has 2 atom stereocenters. The summed E-state index contributed by atoms with van der Waals surface area (Å²) in [6.07, 6.45) is 8.65. The van der Waals surface area contributed by atoms with Crippen LogP contribution in [0.1, 0.15) is 38.4 Å². The van der Waals surface area contributed by atoms with Crippen molar-refractivity contribution in [3.63, 3.8) is 0 Å². The molecular formula is C11H19N3. The molecule has 2 unspecified atom stereocenters. The van der Waals surface area contributed by atoms with Gasteiger partial charge in [0.15, 0.2) is 0 Å². The smallest absolute Gasteiger partial charge is 0.128 e. The molecule has 78 valence electrons. The summed E-state index contributed by atoms with van der Waals surface area (Å²) in [7, 11) is 2.03. The van der Waals surface area contributed by atoms with Gasteiger partial charge in [-0.15, -0.1) is 0 Å². The summed E-state index contributed by atoms with van der Waals surface area (Å²) in [4.78, 5) is 4.40. The van der Waals surface area contributed by atoms with E-state index in [1.54, 1.807) is 0 Å². The van der Waals surface area contributed by atoms with Crippen molar-refractivity contribution in [3.8, 4) is 0 Å². The van der Waals surface area contributed by atoms with Crippen molar-refractivity contribution < 1.29 is 0 Å². The van der Waals surface area contributed by atoms with E-state index < -0.39 is 0 Å². The maximum atomic E-state index is 6.49. The van der Waals surface area contributed by atoms with Crippen LogP contribution in [0.3, 0.4) is 0 Å². The number of aryl methyl sites for hydroxylation is 1. The Morgan fingerprint density at radius 2 is 2.36 bits per heavy atom. The Balaban J connectivity index is 2.34. The Kier molecular flexibility index (Phi) is 2.35. The van der Waals surface area contributed by atoms with Gasteiger partial charge in [-0.1, -0.05) is 19.8 Å². The molecule has 0 saturated heterocycles. The average Bonchev–Trinajstić information content (AvgIpc) is 2.57. The molecule has 0 aliphatic heterocycles. The predicted molar refractivity (Wildman–Crippen MR) is 56.7 cm³/mol. The first kappa shape index (κ1) is 9.71. The fourth-order valence-corrected chi connectivity index (χ4v) is 2.52. The van der Waals surface area contributed by atoms with Gasteiger partial charge in [0.2, 0.25) is 0 Å². The first-order valence-electron chi connectivity index (χ1n) is 5.41. The van der Waals surface area contributed by atoms with Gasteiger partial charge in [0.05, 0.1) is 5.54 Å². The molecule has 3 heteroatoms. The molecule has 3 nitrogen and oxygen atoms in total. The minimum absolute atomic E-state index is 0.198. The molecular weight excluding hydrogens is 174 g/mol. The maximum Gasteiger partial charge on any atom is 0.128 e. The van der Waals surface area contributed by atoms with Gasteiger partial charge < -0.3 is 10.3 Å². The van der Waals surface area contributed by atoms with E-state index in [1.807, 2.05) is 19.4 Å². The molecule has 0 spiro atoms. The lowest BCUT2D eigenvalue weighted by Gasteiger charge is -2.38. The van der Waals surface area contributed by atoms with Crippen molar-refractivity contribution in [2.45, 2.75) is 38.1 Å². The lowest BCUT2D eigenvalue weighted by Crippen LogP contribution is -2.47. The quantitative estimate of drug-likeness (QED) is 0.739. The summed E-state index contributed by atoms with van der Waals surface area (Å²) in [5, 5.41) is 0. The van der Waals surface area contributed by atoms with Crippen molar-refractivity contribution in [2.75, 3.05) is 0 Å². The molecule has 2 rings (SSSR count). The van der Waals surface area contributed by atoms with Crippen LogP contribution < -0.4 is 5.73 Å². The molecule has 1 aliphatic rings. The Hall–Kier alpha value is -0.830.